The summed E-state index contributed by atoms with van der Waals surface area (Å²) < 4.78 is 0. The van der Waals surface area contributed by atoms with E-state index < -0.39 is 0 Å². The molecule has 0 atom stereocenters. The van der Waals surface area contributed by atoms with Crippen molar-refractivity contribution in [3.63, 3.8) is 0 Å². The van der Waals surface area contributed by atoms with Crippen molar-refractivity contribution < 1.29 is 4.79 Å². The largest absolute Gasteiger partial charge is 0.353 e. The molecule has 0 aromatic rings. The molecule has 0 aromatic carbocycles. The zero-order valence-electron chi connectivity index (χ0n) is 20.5. The minimum atomic E-state index is 0.303. The Balaban J connectivity index is 4.01. The molecule has 0 fully saturated rings. The second-order valence-corrected chi connectivity index (χ2v) is 9.25. The van der Waals surface area contributed by atoms with Gasteiger partial charge in [-0.3, -0.25) is 4.79 Å². The molecule has 0 unspecified atom stereocenters. The zero-order valence-corrected chi connectivity index (χ0v) is 20.5. The lowest BCUT2D eigenvalue weighted by Crippen LogP contribution is -2.34. The fourth-order valence-electron chi connectivity index (χ4n) is 4.17. The summed E-state index contributed by atoms with van der Waals surface area (Å²) >= 11 is 0. The van der Waals surface area contributed by atoms with Gasteiger partial charge in [-0.25, -0.2) is 0 Å². The molecule has 0 radical (unpaired) electrons. The van der Waals surface area contributed by atoms with E-state index in [1.807, 2.05) is 0 Å². The maximum absolute atomic E-state index is 12.4. The van der Waals surface area contributed by atoms with Gasteiger partial charge in [0.2, 0.25) is 5.91 Å². The third-order valence-electron chi connectivity index (χ3n) is 6.18. The molecule has 1 amide bonds. The van der Waals surface area contributed by atoms with Gasteiger partial charge >= 0.3 is 0 Å². The highest BCUT2D eigenvalue weighted by atomic mass is 16.1. The molecule has 0 aliphatic heterocycles. The summed E-state index contributed by atoms with van der Waals surface area (Å²) in [5.41, 5.74) is 0. The Bertz CT molecular complexity index is 310. The number of nitrogens with one attached hydrogen (secondary N) is 1. The van der Waals surface area contributed by atoms with Crippen molar-refractivity contribution in [2.75, 3.05) is 0 Å². The Morgan fingerprint density at radius 1 is 0.517 bits per heavy atom. The number of amides is 1. The lowest BCUT2D eigenvalue weighted by atomic mass is 9.99. The second-order valence-electron chi connectivity index (χ2n) is 9.25. The van der Waals surface area contributed by atoms with Crippen molar-refractivity contribution >= 4 is 5.91 Å². The minimum absolute atomic E-state index is 0.303. The molecule has 0 aliphatic rings. The quantitative estimate of drug-likeness (QED) is 0.167. The molecule has 29 heavy (non-hydrogen) atoms. The highest BCUT2D eigenvalue weighted by Gasteiger charge is 2.12. The first-order valence-electron chi connectivity index (χ1n) is 13.5. The number of carbonyl (C=O) groups excluding carboxylic acids is 1. The zero-order chi connectivity index (χ0) is 21.4. The van der Waals surface area contributed by atoms with Crippen molar-refractivity contribution in [2.24, 2.45) is 0 Å². The van der Waals surface area contributed by atoms with Crippen LogP contribution in [0.1, 0.15) is 162 Å². The van der Waals surface area contributed by atoms with E-state index in [1.54, 1.807) is 0 Å². The van der Waals surface area contributed by atoms with Gasteiger partial charge < -0.3 is 5.32 Å². The molecular formula is C27H55NO. The second kappa shape index (κ2) is 23.7. The fraction of sp³-hybridized carbons (Fsp3) is 0.963. The van der Waals surface area contributed by atoms with Crippen LogP contribution in [0, 0.1) is 0 Å². The molecule has 0 spiro atoms. The van der Waals surface area contributed by atoms with Crippen LogP contribution in [0.15, 0.2) is 0 Å². The van der Waals surface area contributed by atoms with Gasteiger partial charge in [0.15, 0.2) is 0 Å². The van der Waals surface area contributed by atoms with Crippen molar-refractivity contribution in [2.45, 2.75) is 168 Å². The Labute approximate surface area is 184 Å². The van der Waals surface area contributed by atoms with Crippen LogP contribution in [0.4, 0.5) is 0 Å². The molecule has 1 N–H and O–H groups in total. The van der Waals surface area contributed by atoms with E-state index in [-0.39, 0.29) is 0 Å². The molecule has 0 aliphatic carbocycles. The molecule has 174 valence electrons. The number of rotatable bonds is 23. The van der Waals surface area contributed by atoms with E-state index in [1.165, 1.54) is 128 Å². The summed E-state index contributed by atoms with van der Waals surface area (Å²) in [6, 6.07) is 0.421. The number of hydrogen-bond donors (Lipinski definition) is 1. The number of hydrogen-bond acceptors (Lipinski definition) is 1. The van der Waals surface area contributed by atoms with Crippen LogP contribution >= 0.6 is 0 Å². The van der Waals surface area contributed by atoms with E-state index >= 15 is 0 Å². The molecular weight excluding hydrogens is 354 g/mol. The van der Waals surface area contributed by atoms with Crippen LogP contribution in [0.5, 0.6) is 0 Å². The van der Waals surface area contributed by atoms with Crippen LogP contribution in [-0.4, -0.2) is 11.9 Å². The SMILES string of the molecule is CCCCCCCCCC(CCCCCCCCC)NC(=O)CCCCCCC. The van der Waals surface area contributed by atoms with Crippen LogP contribution in [-0.2, 0) is 4.79 Å². The lowest BCUT2D eigenvalue weighted by Gasteiger charge is -2.19. The maximum Gasteiger partial charge on any atom is 0.220 e. The van der Waals surface area contributed by atoms with E-state index in [4.69, 9.17) is 0 Å². The maximum atomic E-state index is 12.4. The first-order chi connectivity index (χ1) is 14.2. The lowest BCUT2D eigenvalue weighted by molar-refractivity contribution is -0.122. The molecule has 0 aromatic heterocycles. The fourth-order valence-corrected chi connectivity index (χ4v) is 4.17. The summed E-state index contributed by atoms with van der Waals surface area (Å²) in [6.45, 7) is 6.80. The van der Waals surface area contributed by atoms with Gasteiger partial charge in [0.05, 0.1) is 0 Å². The Kier molecular flexibility index (Phi) is 23.3. The third-order valence-corrected chi connectivity index (χ3v) is 6.18. The Hall–Kier alpha value is -0.530. The van der Waals surface area contributed by atoms with E-state index in [0.29, 0.717) is 11.9 Å². The first-order valence-corrected chi connectivity index (χ1v) is 13.5. The smallest absolute Gasteiger partial charge is 0.220 e. The first kappa shape index (κ1) is 28.5. The molecule has 2 heteroatoms. The van der Waals surface area contributed by atoms with Gasteiger partial charge in [0.25, 0.3) is 0 Å². The van der Waals surface area contributed by atoms with Crippen molar-refractivity contribution in [3.8, 4) is 0 Å². The van der Waals surface area contributed by atoms with Gasteiger partial charge in [-0.05, 0) is 19.3 Å². The average Bonchev–Trinajstić information content (AvgIpc) is 2.72. The van der Waals surface area contributed by atoms with Crippen LogP contribution in [0.2, 0.25) is 0 Å². The number of carbonyl (C=O) groups is 1. The topological polar surface area (TPSA) is 29.1 Å². The molecule has 2 nitrogen and oxygen atoms in total. The minimum Gasteiger partial charge on any atom is -0.353 e. The Morgan fingerprint density at radius 2 is 0.862 bits per heavy atom. The highest BCUT2D eigenvalue weighted by molar-refractivity contribution is 5.76. The van der Waals surface area contributed by atoms with E-state index in [9.17, 15) is 4.79 Å². The predicted molar refractivity (Wildman–Crippen MR) is 131 cm³/mol. The number of unbranched alkanes of at least 4 members (excludes halogenated alkanes) is 16. The summed E-state index contributed by atoms with van der Waals surface area (Å²) in [4.78, 5) is 12.4. The van der Waals surface area contributed by atoms with Crippen LogP contribution < -0.4 is 5.32 Å². The monoisotopic (exact) mass is 409 g/mol. The summed E-state index contributed by atoms with van der Waals surface area (Å²) in [7, 11) is 0. The molecule has 0 bridgehead atoms. The van der Waals surface area contributed by atoms with Gasteiger partial charge in [-0.15, -0.1) is 0 Å². The van der Waals surface area contributed by atoms with E-state index in [0.717, 1.165) is 12.8 Å². The van der Waals surface area contributed by atoms with Crippen molar-refractivity contribution in [1.29, 1.82) is 0 Å². The third kappa shape index (κ3) is 22.0. The molecule has 0 saturated heterocycles. The normalized spacial score (nSPS) is 11.3. The standard InChI is InChI=1S/C27H55NO/c1-4-7-10-13-15-18-20-23-26(24-21-19-16-14-11-8-5-2)28-27(29)25-22-17-12-9-6-3/h26H,4-25H2,1-3H3,(H,28,29). The van der Waals surface area contributed by atoms with Gasteiger partial charge in [-0.1, -0.05) is 136 Å². The summed E-state index contributed by atoms with van der Waals surface area (Å²) in [5, 5.41) is 3.39. The van der Waals surface area contributed by atoms with Gasteiger partial charge in [0, 0.05) is 12.5 Å². The molecule has 0 heterocycles. The highest BCUT2D eigenvalue weighted by Crippen LogP contribution is 2.15. The molecule has 0 rings (SSSR count). The average molecular weight is 410 g/mol. The predicted octanol–water partition coefficient (Wildman–Crippen LogP) is 9.11. The Morgan fingerprint density at radius 3 is 1.28 bits per heavy atom. The van der Waals surface area contributed by atoms with Crippen molar-refractivity contribution in [1.82, 2.24) is 5.32 Å². The summed E-state index contributed by atoms with van der Waals surface area (Å²) in [5.74, 6) is 0.303. The van der Waals surface area contributed by atoms with E-state index in [2.05, 4.69) is 26.1 Å². The summed E-state index contributed by atoms with van der Waals surface area (Å²) in [6.07, 6.45) is 28.2. The van der Waals surface area contributed by atoms with Gasteiger partial charge in [-0.2, -0.15) is 0 Å². The van der Waals surface area contributed by atoms with Crippen LogP contribution in [0.25, 0.3) is 0 Å². The molecule has 0 saturated carbocycles. The van der Waals surface area contributed by atoms with Crippen molar-refractivity contribution in [3.05, 3.63) is 0 Å². The van der Waals surface area contributed by atoms with Gasteiger partial charge in [0.1, 0.15) is 0 Å². The van der Waals surface area contributed by atoms with Crippen LogP contribution in [0.3, 0.4) is 0 Å².